The van der Waals surface area contributed by atoms with Gasteiger partial charge in [0.2, 0.25) is 0 Å². The second-order valence-electron chi connectivity index (χ2n) is 3.67. The van der Waals surface area contributed by atoms with Gasteiger partial charge in [-0.15, -0.1) is 6.58 Å². The second-order valence-corrected chi connectivity index (χ2v) is 3.67. The van der Waals surface area contributed by atoms with Crippen LogP contribution in [0.3, 0.4) is 0 Å². The van der Waals surface area contributed by atoms with Crippen molar-refractivity contribution in [1.29, 1.82) is 0 Å². The van der Waals surface area contributed by atoms with Crippen LogP contribution in [0.2, 0.25) is 0 Å². The SMILES string of the molecule is C=CCOC(C)(C)C(C)(C)O.[B]O. The van der Waals surface area contributed by atoms with E-state index in [0.29, 0.717) is 6.61 Å². The Balaban J connectivity index is 0. The molecule has 0 rings (SSSR count). The lowest BCUT2D eigenvalue weighted by molar-refractivity contribution is -0.139. The fraction of sp³-hybridized carbons (Fsp3) is 0.778. The van der Waals surface area contributed by atoms with Crippen molar-refractivity contribution in [1.82, 2.24) is 0 Å². The third kappa shape index (κ3) is 5.85. The molecule has 0 bridgehead atoms. The third-order valence-corrected chi connectivity index (χ3v) is 2.04. The van der Waals surface area contributed by atoms with Crippen LogP contribution in [0.15, 0.2) is 12.7 Å². The van der Waals surface area contributed by atoms with Gasteiger partial charge in [0.25, 0.3) is 8.05 Å². The molecule has 0 amide bonds. The van der Waals surface area contributed by atoms with Gasteiger partial charge in [-0.3, -0.25) is 0 Å². The van der Waals surface area contributed by atoms with E-state index in [1.807, 2.05) is 13.8 Å². The summed E-state index contributed by atoms with van der Waals surface area (Å²) in [5, 5.41) is 16.1. The van der Waals surface area contributed by atoms with Crippen molar-refractivity contribution in [2.75, 3.05) is 6.61 Å². The highest BCUT2D eigenvalue weighted by atomic mass is 16.5. The minimum atomic E-state index is -0.823. The first-order chi connectivity index (χ1) is 5.81. The average molecular weight is 186 g/mol. The average Bonchev–Trinajstić information content (AvgIpc) is 2.03. The first-order valence-electron chi connectivity index (χ1n) is 4.04. The van der Waals surface area contributed by atoms with Crippen LogP contribution in [-0.2, 0) is 4.74 Å². The summed E-state index contributed by atoms with van der Waals surface area (Å²) in [6, 6.07) is 0. The monoisotopic (exact) mass is 186 g/mol. The predicted molar refractivity (Wildman–Crippen MR) is 54.5 cm³/mol. The van der Waals surface area contributed by atoms with E-state index in [2.05, 4.69) is 14.6 Å². The van der Waals surface area contributed by atoms with Crippen LogP contribution in [-0.4, -0.2) is 36.0 Å². The van der Waals surface area contributed by atoms with Gasteiger partial charge in [-0.05, 0) is 27.7 Å². The maximum atomic E-state index is 9.61. The molecule has 2 radical (unpaired) electrons. The molecule has 0 heterocycles. The van der Waals surface area contributed by atoms with Crippen LogP contribution in [0.1, 0.15) is 27.7 Å². The topological polar surface area (TPSA) is 49.7 Å². The zero-order valence-corrected chi connectivity index (χ0v) is 8.87. The first kappa shape index (κ1) is 15.2. The van der Waals surface area contributed by atoms with Crippen molar-refractivity contribution < 1.29 is 14.9 Å². The largest absolute Gasteiger partial charge is 0.461 e. The Labute approximate surface area is 81.9 Å². The van der Waals surface area contributed by atoms with Gasteiger partial charge in [-0.25, -0.2) is 0 Å². The molecule has 3 nitrogen and oxygen atoms in total. The molecule has 0 unspecified atom stereocenters. The Kier molecular flexibility index (Phi) is 7.22. The molecule has 0 aliphatic carbocycles. The van der Waals surface area contributed by atoms with Crippen molar-refractivity contribution in [2.24, 2.45) is 0 Å². The van der Waals surface area contributed by atoms with Crippen LogP contribution in [0, 0.1) is 0 Å². The van der Waals surface area contributed by atoms with Crippen molar-refractivity contribution in [3.05, 3.63) is 12.7 Å². The van der Waals surface area contributed by atoms with E-state index in [1.165, 1.54) is 0 Å². The van der Waals surface area contributed by atoms with E-state index in [1.54, 1.807) is 19.9 Å². The molecule has 0 aromatic heterocycles. The molecule has 2 N–H and O–H groups in total. The maximum Gasteiger partial charge on any atom is 0.277 e. The first-order valence-corrected chi connectivity index (χ1v) is 4.04. The Morgan fingerprint density at radius 2 is 1.69 bits per heavy atom. The summed E-state index contributed by atoms with van der Waals surface area (Å²) in [6.45, 7) is 11.2. The number of aliphatic hydroxyl groups is 1. The number of rotatable bonds is 4. The lowest BCUT2D eigenvalue weighted by Crippen LogP contribution is -2.47. The zero-order valence-electron chi connectivity index (χ0n) is 8.87. The highest BCUT2D eigenvalue weighted by Gasteiger charge is 2.35. The summed E-state index contributed by atoms with van der Waals surface area (Å²) >= 11 is 0. The standard InChI is InChI=1S/C9H18O2.BHO/c1-6-7-11-9(4,5)8(2,3)10;1-2/h6,10H,1,7H2,2-5H3;2H. The predicted octanol–water partition coefficient (Wildman–Crippen LogP) is 0.801. The summed E-state index contributed by atoms with van der Waals surface area (Å²) in [7, 11) is 3.50. The second kappa shape index (κ2) is 6.19. The van der Waals surface area contributed by atoms with Crippen molar-refractivity contribution >= 4 is 8.05 Å². The quantitative estimate of drug-likeness (QED) is 0.504. The lowest BCUT2D eigenvalue weighted by atomic mass is 9.89. The molecule has 0 atom stereocenters. The van der Waals surface area contributed by atoms with E-state index < -0.39 is 11.2 Å². The van der Waals surface area contributed by atoms with Gasteiger partial charge in [0.05, 0.1) is 17.8 Å². The number of hydrogen-bond acceptors (Lipinski definition) is 3. The Bertz CT molecular complexity index is 138. The van der Waals surface area contributed by atoms with E-state index in [9.17, 15) is 5.11 Å². The van der Waals surface area contributed by atoms with E-state index in [0.717, 1.165) is 0 Å². The van der Waals surface area contributed by atoms with Gasteiger partial charge < -0.3 is 14.9 Å². The Morgan fingerprint density at radius 1 is 1.31 bits per heavy atom. The van der Waals surface area contributed by atoms with Gasteiger partial charge in [0.1, 0.15) is 0 Å². The molecule has 0 aromatic carbocycles. The molecule has 4 heteroatoms. The highest BCUT2D eigenvalue weighted by Crippen LogP contribution is 2.24. The van der Waals surface area contributed by atoms with Crippen molar-refractivity contribution in [3.63, 3.8) is 0 Å². The molecule has 0 aliphatic heterocycles. The summed E-state index contributed by atoms with van der Waals surface area (Å²) in [4.78, 5) is 0. The molecular weight excluding hydrogens is 167 g/mol. The Hall–Kier alpha value is -0.315. The summed E-state index contributed by atoms with van der Waals surface area (Å²) in [6.07, 6.45) is 1.67. The fourth-order valence-electron chi connectivity index (χ4n) is 0.444. The van der Waals surface area contributed by atoms with Crippen LogP contribution < -0.4 is 0 Å². The van der Waals surface area contributed by atoms with E-state index in [-0.39, 0.29) is 0 Å². The number of hydrogen-bond donors (Lipinski definition) is 2. The van der Waals surface area contributed by atoms with Gasteiger partial charge in [0, 0.05) is 0 Å². The van der Waals surface area contributed by atoms with Gasteiger partial charge in [-0.1, -0.05) is 6.08 Å². The molecule has 76 valence electrons. The van der Waals surface area contributed by atoms with Crippen LogP contribution in [0.25, 0.3) is 0 Å². The molecule has 0 spiro atoms. The minimum Gasteiger partial charge on any atom is -0.461 e. The normalized spacial score (nSPS) is 11.5. The van der Waals surface area contributed by atoms with E-state index in [4.69, 9.17) is 9.76 Å². The molecular formula is C9H19BO3. The van der Waals surface area contributed by atoms with Crippen molar-refractivity contribution in [3.8, 4) is 0 Å². The van der Waals surface area contributed by atoms with Crippen LogP contribution in [0.4, 0.5) is 0 Å². The molecule has 0 saturated carbocycles. The molecule has 13 heavy (non-hydrogen) atoms. The minimum absolute atomic E-state index is 0.469. The van der Waals surface area contributed by atoms with Crippen molar-refractivity contribution in [2.45, 2.75) is 38.9 Å². The number of ether oxygens (including phenoxy) is 1. The zero-order chi connectivity index (χ0) is 11.1. The van der Waals surface area contributed by atoms with Gasteiger partial charge in [0.15, 0.2) is 0 Å². The maximum absolute atomic E-state index is 9.61. The third-order valence-electron chi connectivity index (χ3n) is 2.04. The van der Waals surface area contributed by atoms with Gasteiger partial charge >= 0.3 is 0 Å². The summed E-state index contributed by atoms with van der Waals surface area (Å²) in [5.41, 5.74) is -1.35. The smallest absolute Gasteiger partial charge is 0.277 e. The van der Waals surface area contributed by atoms with E-state index >= 15 is 0 Å². The molecule has 0 aliphatic rings. The molecule has 0 saturated heterocycles. The summed E-state index contributed by atoms with van der Waals surface area (Å²) in [5.74, 6) is 0. The summed E-state index contributed by atoms with van der Waals surface area (Å²) < 4.78 is 5.38. The van der Waals surface area contributed by atoms with Gasteiger partial charge in [-0.2, -0.15) is 0 Å². The molecule has 0 fully saturated rings. The Morgan fingerprint density at radius 3 is 1.92 bits per heavy atom. The lowest BCUT2D eigenvalue weighted by Gasteiger charge is -2.36. The van der Waals surface area contributed by atoms with Crippen LogP contribution in [0.5, 0.6) is 0 Å². The van der Waals surface area contributed by atoms with Crippen LogP contribution >= 0.6 is 0 Å². The highest BCUT2D eigenvalue weighted by molar-refractivity contribution is 5.95. The molecule has 0 aromatic rings. The fourth-order valence-corrected chi connectivity index (χ4v) is 0.444.